The molecule has 1 aromatic carbocycles. The van der Waals surface area contributed by atoms with Gasteiger partial charge in [0.2, 0.25) is 0 Å². The van der Waals surface area contributed by atoms with Crippen LogP contribution in [0.5, 0.6) is 0 Å². The van der Waals surface area contributed by atoms with Crippen molar-refractivity contribution in [2.75, 3.05) is 38.1 Å². The molecular weight excluding hydrogens is 414 g/mol. The van der Waals surface area contributed by atoms with Crippen LogP contribution in [0.2, 0.25) is 0 Å². The number of aromatic nitrogens is 1. The van der Waals surface area contributed by atoms with Crippen molar-refractivity contribution in [2.24, 2.45) is 11.8 Å². The smallest absolute Gasteiger partial charge is 0.252 e. The van der Waals surface area contributed by atoms with Crippen molar-refractivity contribution in [3.05, 3.63) is 59.5 Å². The van der Waals surface area contributed by atoms with E-state index in [1.54, 1.807) is 18.3 Å². The number of hydrogen-bond acceptors (Lipinski definition) is 4. The fourth-order valence-electron chi connectivity index (χ4n) is 4.61. The molecule has 0 aliphatic carbocycles. The summed E-state index contributed by atoms with van der Waals surface area (Å²) >= 11 is 0. The summed E-state index contributed by atoms with van der Waals surface area (Å²) in [5, 5.41) is 2.79. The first-order valence-electron chi connectivity index (χ1n) is 9.51. The monoisotopic (exact) mass is 440 g/mol. The Morgan fingerprint density at radius 2 is 2.00 bits per heavy atom. The van der Waals surface area contributed by atoms with Gasteiger partial charge in [-0.15, -0.1) is 24.8 Å². The van der Waals surface area contributed by atoms with Crippen molar-refractivity contribution >= 4 is 36.5 Å². The molecule has 1 N–H and O–H groups in total. The summed E-state index contributed by atoms with van der Waals surface area (Å²) in [6.07, 6.45) is 1.64. The highest BCUT2D eigenvalue weighted by molar-refractivity contribution is 5.94. The summed E-state index contributed by atoms with van der Waals surface area (Å²) in [5.41, 5.74) is 1.63. The van der Waals surface area contributed by atoms with Crippen LogP contribution in [-0.4, -0.2) is 49.0 Å². The van der Waals surface area contributed by atoms with Gasteiger partial charge in [0.15, 0.2) is 0 Å². The second-order valence-electron chi connectivity index (χ2n) is 7.53. The van der Waals surface area contributed by atoms with Crippen molar-refractivity contribution in [3.63, 3.8) is 0 Å². The third-order valence-corrected chi connectivity index (χ3v) is 5.76. The number of amides is 1. The molecule has 2 saturated heterocycles. The number of hydrogen-bond donors (Lipinski definition) is 1. The molecule has 0 spiro atoms. The quantitative estimate of drug-likeness (QED) is 0.789. The van der Waals surface area contributed by atoms with Crippen LogP contribution >= 0.6 is 24.8 Å². The van der Waals surface area contributed by atoms with Gasteiger partial charge in [0.05, 0.1) is 5.56 Å². The third kappa shape index (κ3) is 4.65. The summed E-state index contributed by atoms with van der Waals surface area (Å²) in [6, 6.07) is 11.0. The highest BCUT2D eigenvalue weighted by Crippen LogP contribution is 2.44. The molecule has 3 heterocycles. The molecule has 0 saturated carbocycles. The summed E-state index contributed by atoms with van der Waals surface area (Å²) in [6.45, 7) is 5.33. The Hall–Kier alpha value is -1.89. The van der Waals surface area contributed by atoms with Gasteiger partial charge in [-0.05, 0) is 49.7 Å². The van der Waals surface area contributed by atoms with E-state index < -0.39 is 0 Å². The van der Waals surface area contributed by atoms with Crippen LogP contribution in [-0.2, 0) is 0 Å². The molecule has 4 rings (SSSR count). The first-order chi connectivity index (χ1) is 13.1. The minimum atomic E-state index is -0.179. The standard InChI is InChI=1S/C21H25FN4O.2ClH/c1-3-23-21(27)15-7-8-19(24-10-15)26-12-16-11-25(2)20(18(16)13-26)14-5-4-6-17(22)9-14;;/h4-10,16,18,20H,3,11-13H2,1-2H3,(H,23,27);2*1H/t16-,18+,20-;;/m0../s1. The maximum Gasteiger partial charge on any atom is 0.252 e. The molecule has 5 nitrogen and oxygen atoms in total. The largest absolute Gasteiger partial charge is 0.356 e. The molecule has 0 bridgehead atoms. The van der Waals surface area contributed by atoms with Crippen LogP contribution in [0, 0.1) is 17.7 Å². The lowest BCUT2D eigenvalue weighted by atomic mass is 9.89. The number of nitrogens with zero attached hydrogens (tertiary/aromatic N) is 3. The zero-order valence-electron chi connectivity index (χ0n) is 16.5. The van der Waals surface area contributed by atoms with Crippen LogP contribution in [0.25, 0.3) is 0 Å². The highest BCUT2D eigenvalue weighted by Gasteiger charge is 2.46. The fraction of sp³-hybridized carbons (Fsp3) is 0.429. The number of benzene rings is 1. The van der Waals surface area contributed by atoms with E-state index in [0.29, 0.717) is 23.9 Å². The highest BCUT2D eigenvalue weighted by atomic mass is 35.5. The number of carbonyl (C=O) groups excluding carboxylic acids is 1. The fourth-order valence-corrected chi connectivity index (χ4v) is 4.61. The number of rotatable bonds is 4. The average molecular weight is 441 g/mol. The second kappa shape index (κ2) is 9.74. The SMILES string of the molecule is CCNC(=O)c1ccc(N2C[C@@H]3CN(C)[C@@H](c4cccc(F)c4)[C@@H]3C2)nc1.Cl.Cl. The molecular formula is C21H27Cl2FN4O. The van der Waals surface area contributed by atoms with E-state index in [2.05, 4.69) is 27.1 Å². The van der Waals surface area contributed by atoms with E-state index in [9.17, 15) is 9.18 Å². The van der Waals surface area contributed by atoms with Gasteiger partial charge in [-0.2, -0.15) is 0 Å². The maximum atomic E-state index is 13.7. The molecule has 1 aromatic heterocycles. The number of fused-ring (bicyclic) bond motifs is 1. The van der Waals surface area contributed by atoms with Gasteiger partial charge in [0, 0.05) is 44.3 Å². The molecule has 1 amide bonds. The van der Waals surface area contributed by atoms with Crippen LogP contribution < -0.4 is 10.2 Å². The molecule has 2 aliphatic heterocycles. The number of nitrogens with one attached hydrogen (secondary N) is 1. The molecule has 0 radical (unpaired) electrons. The van der Waals surface area contributed by atoms with Gasteiger partial charge < -0.3 is 10.2 Å². The lowest BCUT2D eigenvalue weighted by molar-refractivity contribution is 0.0955. The molecule has 158 valence electrons. The van der Waals surface area contributed by atoms with Crippen LogP contribution in [0.3, 0.4) is 0 Å². The molecule has 2 fully saturated rings. The summed E-state index contributed by atoms with van der Waals surface area (Å²) in [4.78, 5) is 21.0. The Morgan fingerprint density at radius 3 is 2.66 bits per heavy atom. The predicted octanol–water partition coefficient (Wildman–Crippen LogP) is 3.55. The maximum absolute atomic E-state index is 13.7. The first kappa shape index (κ1) is 23.4. The Kier molecular flexibility index (Phi) is 7.86. The van der Waals surface area contributed by atoms with E-state index in [4.69, 9.17) is 0 Å². The third-order valence-electron chi connectivity index (χ3n) is 5.76. The van der Waals surface area contributed by atoms with Crippen LogP contribution in [0.15, 0.2) is 42.6 Å². The summed E-state index contributed by atoms with van der Waals surface area (Å²) in [5.74, 6) is 1.61. The molecule has 0 unspecified atom stereocenters. The van der Waals surface area contributed by atoms with E-state index in [1.807, 2.05) is 25.1 Å². The summed E-state index contributed by atoms with van der Waals surface area (Å²) in [7, 11) is 2.12. The molecule has 2 aromatic rings. The summed E-state index contributed by atoms with van der Waals surface area (Å²) < 4.78 is 13.7. The first-order valence-corrected chi connectivity index (χ1v) is 9.51. The zero-order valence-corrected chi connectivity index (χ0v) is 18.2. The Morgan fingerprint density at radius 1 is 1.21 bits per heavy atom. The molecule has 2 aliphatic rings. The van der Waals surface area contributed by atoms with Gasteiger partial charge in [0.25, 0.3) is 5.91 Å². The topological polar surface area (TPSA) is 48.5 Å². The number of likely N-dealkylation sites (tertiary alicyclic amines) is 1. The number of anilines is 1. The Balaban J connectivity index is 0.00000150. The van der Waals surface area contributed by atoms with Gasteiger partial charge in [-0.25, -0.2) is 9.37 Å². The Labute approximate surface area is 183 Å². The van der Waals surface area contributed by atoms with Crippen LogP contribution in [0.1, 0.15) is 28.9 Å². The minimum Gasteiger partial charge on any atom is -0.356 e. The zero-order chi connectivity index (χ0) is 19.0. The normalized spacial score (nSPS) is 23.1. The second-order valence-corrected chi connectivity index (χ2v) is 7.53. The van der Waals surface area contributed by atoms with E-state index in [-0.39, 0.29) is 42.6 Å². The van der Waals surface area contributed by atoms with Gasteiger partial charge >= 0.3 is 0 Å². The lowest BCUT2D eigenvalue weighted by Gasteiger charge is -2.27. The number of carbonyl (C=O) groups is 1. The van der Waals surface area contributed by atoms with Crippen molar-refractivity contribution in [1.29, 1.82) is 0 Å². The average Bonchev–Trinajstić information content (AvgIpc) is 3.18. The molecule has 8 heteroatoms. The lowest BCUT2D eigenvalue weighted by Crippen LogP contribution is -2.29. The van der Waals surface area contributed by atoms with Crippen LogP contribution in [0.4, 0.5) is 10.2 Å². The van der Waals surface area contributed by atoms with E-state index >= 15 is 0 Å². The van der Waals surface area contributed by atoms with E-state index in [0.717, 1.165) is 31.0 Å². The molecule has 3 atom stereocenters. The van der Waals surface area contributed by atoms with Gasteiger partial charge in [-0.3, -0.25) is 9.69 Å². The Bertz CT molecular complexity index is 836. The number of pyridine rings is 1. The van der Waals surface area contributed by atoms with Gasteiger partial charge in [0.1, 0.15) is 11.6 Å². The van der Waals surface area contributed by atoms with E-state index in [1.165, 1.54) is 6.07 Å². The van der Waals surface area contributed by atoms with Crippen molar-refractivity contribution in [3.8, 4) is 0 Å². The molecule has 29 heavy (non-hydrogen) atoms. The van der Waals surface area contributed by atoms with Crippen molar-refractivity contribution in [1.82, 2.24) is 15.2 Å². The van der Waals surface area contributed by atoms with Gasteiger partial charge in [-0.1, -0.05) is 12.1 Å². The van der Waals surface area contributed by atoms with Crippen molar-refractivity contribution < 1.29 is 9.18 Å². The van der Waals surface area contributed by atoms with Crippen molar-refractivity contribution in [2.45, 2.75) is 13.0 Å². The minimum absolute atomic E-state index is 0. The number of halogens is 3. The predicted molar refractivity (Wildman–Crippen MR) is 118 cm³/mol.